The summed E-state index contributed by atoms with van der Waals surface area (Å²) < 4.78 is 46.1. The van der Waals surface area contributed by atoms with Crippen LogP contribution in [0.2, 0.25) is 0 Å². The van der Waals surface area contributed by atoms with Crippen LogP contribution in [-0.2, 0) is 11.0 Å². The van der Waals surface area contributed by atoms with E-state index in [1.165, 1.54) is 6.07 Å². The first kappa shape index (κ1) is 28.4. The number of benzene rings is 1. The molecule has 212 valence electrons. The summed E-state index contributed by atoms with van der Waals surface area (Å²) >= 11 is 0. The second-order valence-electron chi connectivity index (χ2n) is 10.0. The Balaban J connectivity index is 1.27. The molecule has 9 nitrogen and oxygen atoms in total. The lowest BCUT2D eigenvalue weighted by molar-refractivity contribution is -0.388. The molecule has 1 aliphatic heterocycles. The van der Waals surface area contributed by atoms with Gasteiger partial charge >= 0.3 is 6.18 Å². The first-order valence-electron chi connectivity index (χ1n) is 13.4. The maximum Gasteiger partial charge on any atom is 0.423 e. The standard InChI is InChI=1S/C27H34F3N5O4/c1-2-3-4-26(36)34-15-13-33(14-16-34)25-18-22(11-12-31-25)39-21-8-5-19(6-9-21)32-20-7-10-24(35(37)38)23(17-20)27(28,29)30/h7,10-12,17-19,21,32H,2-6,8-9,13-16H2,1H3. The van der Waals surface area contributed by atoms with Crippen molar-refractivity contribution in [2.75, 3.05) is 36.4 Å². The van der Waals surface area contributed by atoms with E-state index >= 15 is 0 Å². The third-order valence-corrected chi connectivity index (χ3v) is 7.26. The largest absolute Gasteiger partial charge is 0.490 e. The molecule has 2 heterocycles. The summed E-state index contributed by atoms with van der Waals surface area (Å²) in [5.74, 6) is 1.73. The maximum absolute atomic E-state index is 13.3. The zero-order valence-electron chi connectivity index (χ0n) is 22.0. The van der Waals surface area contributed by atoms with Crippen LogP contribution in [0.5, 0.6) is 5.75 Å². The van der Waals surface area contributed by atoms with Gasteiger partial charge in [0.05, 0.1) is 11.0 Å². The van der Waals surface area contributed by atoms with Crippen LogP contribution in [-0.4, -0.2) is 59.0 Å². The van der Waals surface area contributed by atoms with Gasteiger partial charge in [-0.25, -0.2) is 4.98 Å². The Bertz CT molecular complexity index is 1150. The number of hydrogen-bond acceptors (Lipinski definition) is 7. The second-order valence-corrected chi connectivity index (χ2v) is 10.0. The zero-order valence-corrected chi connectivity index (χ0v) is 22.0. The Morgan fingerprint density at radius 1 is 1.13 bits per heavy atom. The van der Waals surface area contributed by atoms with E-state index in [0.717, 1.165) is 30.8 Å². The molecule has 1 aliphatic carbocycles. The van der Waals surface area contributed by atoms with E-state index in [9.17, 15) is 28.1 Å². The average molecular weight is 550 g/mol. The van der Waals surface area contributed by atoms with E-state index in [-0.39, 0.29) is 23.7 Å². The molecule has 0 unspecified atom stereocenters. The molecule has 1 aromatic carbocycles. The van der Waals surface area contributed by atoms with E-state index in [1.807, 2.05) is 17.0 Å². The second kappa shape index (κ2) is 12.5. The van der Waals surface area contributed by atoms with Crippen molar-refractivity contribution >= 4 is 23.1 Å². The topological polar surface area (TPSA) is 101 Å². The molecule has 4 rings (SSSR count). The third-order valence-electron chi connectivity index (χ3n) is 7.26. The molecule has 39 heavy (non-hydrogen) atoms. The number of anilines is 2. The van der Waals surface area contributed by atoms with Crippen molar-refractivity contribution in [3.63, 3.8) is 0 Å². The van der Waals surface area contributed by atoms with E-state index in [2.05, 4.69) is 22.1 Å². The number of nitro benzene ring substituents is 1. The van der Waals surface area contributed by atoms with Gasteiger partial charge in [-0.3, -0.25) is 14.9 Å². The average Bonchev–Trinajstić information content (AvgIpc) is 2.92. The lowest BCUT2D eigenvalue weighted by Gasteiger charge is -2.35. The van der Waals surface area contributed by atoms with Crippen molar-refractivity contribution in [2.24, 2.45) is 0 Å². The van der Waals surface area contributed by atoms with Gasteiger partial charge in [-0.15, -0.1) is 0 Å². The van der Waals surface area contributed by atoms with Crippen molar-refractivity contribution in [1.82, 2.24) is 9.88 Å². The van der Waals surface area contributed by atoms with Crippen LogP contribution in [0.15, 0.2) is 36.5 Å². The predicted molar refractivity (Wildman–Crippen MR) is 141 cm³/mol. The van der Waals surface area contributed by atoms with Gasteiger partial charge in [0, 0.05) is 62.7 Å². The number of ether oxygens (including phenoxy) is 1. The molecule has 1 saturated heterocycles. The highest BCUT2D eigenvalue weighted by Crippen LogP contribution is 2.38. The number of hydrogen-bond donors (Lipinski definition) is 1. The Hall–Kier alpha value is -3.57. The molecule has 2 fully saturated rings. The maximum atomic E-state index is 13.3. The number of halogens is 3. The minimum absolute atomic E-state index is 0.0334. The van der Waals surface area contributed by atoms with Crippen LogP contribution in [0.3, 0.4) is 0 Å². The van der Waals surface area contributed by atoms with Crippen LogP contribution < -0.4 is 15.0 Å². The molecule has 1 amide bonds. The molecular formula is C27H34F3N5O4. The summed E-state index contributed by atoms with van der Waals surface area (Å²) in [6, 6.07) is 6.68. The van der Waals surface area contributed by atoms with Gasteiger partial charge in [0.25, 0.3) is 5.69 Å². The summed E-state index contributed by atoms with van der Waals surface area (Å²) in [6.07, 6.45) is 2.19. The van der Waals surface area contributed by atoms with Crippen LogP contribution in [0.4, 0.5) is 30.4 Å². The highest BCUT2D eigenvalue weighted by molar-refractivity contribution is 5.76. The van der Waals surface area contributed by atoms with Gasteiger partial charge in [0.15, 0.2) is 0 Å². The number of pyridine rings is 1. The molecule has 1 N–H and O–H groups in total. The minimum Gasteiger partial charge on any atom is -0.490 e. The molecule has 0 atom stereocenters. The van der Waals surface area contributed by atoms with Crippen LogP contribution in [0, 0.1) is 10.1 Å². The highest BCUT2D eigenvalue weighted by atomic mass is 19.4. The summed E-state index contributed by atoms with van der Waals surface area (Å²) in [6.45, 7) is 4.84. The number of carbonyl (C=O) groups excluding carboxylic acids is 1. The quantitative estimate of drug-likeness (QED) is 0.319. The molecular weight excluding hydrogens is 515 g/mol. The Labute approximate surface area is 225 Å². The summed E-state index contributed by atoms with van der Waals surface area (Å²) in [7, 11) is 0. The van der Waals surface area contributed by atoms with Gasteiger partial charge < -0.3 is 19.9 Å². The minimum atomic E-state index is -4.81. The number of nitro groups is 1. The van der Waals surface area contributed by atoms with Crippen molar-refractivity contribution in [1.29, 1.82) is 0 Å². The molecule has 12 heteroatoms. The normalized spacial score (nSPS) is 20.0. The molecule has 2 aromatic rings. The molecule has 2 aliphatic rings. The predicted octanol–water partition coefficient (Wildman–Crippen LogP) is 5.65. The Morgan fingerprint density at radius 2 is 1.85 bits per heavy atom. The van der Waals surface area contributed by atoms with Gasteiger partial charge in [-0.2, -0.15) is 13.2 Å². The Morgan fingerprint density at radius 3 is 2.49 bits per heavy atom. The van der Waals surface area contributed by atoms with Gasteiger partial charge in [-0.1, -0.05) is 13.3 Å². The number of unbranched alkanes of at least 4 members (excludes halogenated alkanes) is 1. The molecule has 0 spiro atoms. The van der Waals surface area contributed by atoms with Crippen molar-refractivity contribution in [2.45, 2.75) is 70.2 Å². The summed E-state index contributed by atoms with van der Waals surface area (Å²) in [5.41, 5.74) is -2.00. The third kappa shape index (κ3) is 7.51. The number of nitrogens with zero attached hydrogens (tertiary/aromatic N) is 4. The lowest BCUT2D eigenvalue weighted by Crippen LogP contribution is -2.49. The fraction of sp³-hybridized carbons (Fsp3) is 0.556. The molecule has 0 radical (unpaired) electrons. The number of nitrogens with one attached hydrogen (secondary N) is 1. The Kier molecular flexibility index (Phi) is 9.13. The van der Waals surface area contributed by atoms with Crippen LogP contribution >= 0.6 is 0 Å². The van der Waals surface area contributed by atoms with Crippen molar-refractivity contribution in [3.05, 3.63) is 52.2 Å². The number of aromatic nitrogens is 1. The SMILES string of the molecule is CCCCC(=O)N1CCN(c2cc(OC3CCC(Nc4ccc([N+](=O)[O-])c(C(F)(F)F)c4)CC3)ccn2)CC1. The zero-order chi connectivity index (χ0) is 28.0. The van der Waals surface area contributed by atoms with Gasteiger partial charge in [0.2, 0.25) is 5.91 Å². The fourth-order valence-electron chi connectivity index (χ4n) is 5.08. The van der Waals surface area contributed by atoms with Crippen molar-refractivity contribution < 1.29 is 27.6 Å². The molecule has 0 bridgehead atoms. The number of alkyl halides is 3. The molecule has 1 aromatic heterocycles. The van der Waals surface area contributed by atoms with E-state index < -0.39 is 22.4 Å². The van der Waals surface area contributed by atoms with E-state index in [4.69, 9.17) is 4.74 Å². The van der Waals surface area contributed by atoms with E-state index in [1.54, 1.807) is 6.20 Å². The lowest BCUT2D eigenvalue weighted by atomic mass is 9.92. The number of rotatable bonds is 9. The first-order chi connectivity index (χ1) is 18.6. The molecule has 1 saturated carbocycles. The highest BCUT2D eigenvalue weighted by Gasteiger charge is 2.38. The van der Waals surface area contributed by atoms with E-state index in [0.29, 0.717) is 64.0 Å². The number of piperazine rings is 1. The van der Waals surface area contributed by atoms with Crippen LogP contribution in [0.25, 0.3) is 0 Å². The van der Waals surface area contributed by atoms with Gasteiger partial charge in [-0.05, 0) is 50.3 Å². The van der Waals surface area contributed by atoms with Crippen LogP contribution in [0.1, 0.15) is 57.4 Å². The monoisotopic (exact) mass is 549 g/mol. The van der Waals surface area contributed by atoms with Crippen molar-refractivity contribution in [3.8, 4) is 5.75 Å². The van der Waals surface area contributed by atoms with Gasteiger partial charge in [0.1, 0.15) is 17.1 Å². The smallest absolute Gasteiger partial charge is 0.423 e. The first-order valence-corrected chi connectivity index (χ1v) is 13.4. The number of carbonyl (C=O) groups is 1. The number of amides is 1. The summed E-state index contributed by atoms with van der Waals surface area (Å²) in [4.78, 5) is 30.8. The fourth-order valence-corrected chi connectivity index (χ4v) is 5.08. The summed E-state index contributed by atoms with van der Waals surface area (Å²) in [5, 5.41) is 14.1.